The molecule has 0 aliphatic heterocycles. The highest BCUT2D eigenvalue weighted by Crippen LogP contribution is 2.32. The van der Waals surface area contributed by atoms with Crippen molar-refractivity contribution in [3.63, 3.8) is 0 Å². The van der Waals surface area contributed by atoms with Crippen LogP contribution in [0, 0.1) is 11.8 Å². The van der Waals surface area contributed by atoms with Crippen LogP contribution >= 0.6 is 0 Å². The molecule has 0 aromatic carbocycles. The van der Waals surface area contributed by atoms with Crippen LogP contribution in [0.2, 0.25) is 0 Å². The van der Waals surface area contributed by atoms with Crippen molar-refractivity contribution in [2.24, 2.45) is 11.8 Å². The summed E-state index contributed by atoms with van der Waals surface area (Å²) in [7, 11) is 0. The molecule has 19 heavy (non-hydrogen) atoms. The first-order valence-corrected chi connectivity index (χ1v) is 7.44. The van der Waals surface area contributed by atoms with Crippen LogP contribution in [0.4, 0.5) is 0 Å². The van der Waals surface area contributed by atoms with Gasteiger partial charge >= 0.3 is 0 Å². The van der Waals surface area contributed by atoms with Crippen LogP contribution in [0.3, 0.4) is 0 Å². The molecule has 2 heteroatoms. The van der Waals surface area contributed by atoms with E-state index in [1.807, 2.05) is 12.1 Å². The highest BCUT2D eigenvalue weighted by molar-refractivity contribution is 5.98. The van der Waals surface area contributed by atoms with Crippen LogP contribution in [0.15, 0.2) is 16.6 Å². The second kappa shape index (κ2) is 6.23. The largest absolute Gasteiger partial charge is 0.461 e. The third kappa shape index (κ3) is 3.37. The maximum absolute atomic E-state index is 12.1. The molecule has 0 radical (unpaired) electrons. The molecule has 1 aliphatic rings. The molecule has 2 rings (SSSR count). The van der Waals surface area contributed by atoms with Crippen LogP contribution in [0.5, 0.6) is 0 Å². The van der Waals surface area contributed by atoms with Gasteiger partial charge in [0.05, 0.1) is 5.56 Å². The monoisotopic (exact) mass is 260 g/mol. The minimum absolute atomic E-state index is 0.247. The molecule has 1 aliphatic carbocycles. The van der Waals surface area contributed by atoms with Gasteiger partial charge in [0.15, 0.2) is 5.78 Å². The van der Waals surface area contributed by atoms with Crippen LogP contribution < -0.4 is 0 Å². The number of carbonyl (C=O) groups excluding carboxylic acids is 1. The molecule has 0 amide bonds. The van der Waals surface area contributed by atoms with Gasteiger partial charge in [0.25, 0.3) is 0 Å². The van der Waals surface area contributed by atoms with E-state index < -0.39 is 0 Å². The molecule has 1 aromatic heterocycles. The first-order valence-electron chi connectivity index (χ1n) is 7.44. The summed E-state index contributed by atoms with van der Waals surface area (Å²) in [6.45, 7) is 6.54. The Morgan fingerprint density at radius 1 is 1.42 bits per heavy atom. The molecule has 1 unspecified atom stereocenters. The van der Waals surface area contributed by atoms with E-state index in [9.17, 15) is 4.79 Å². The molecule has 0 fully saturated rings. The zero-order chi connectivity index (χ0) is 13.8. The quantitative estimate of drug-likeness (QED) is 0.706. The lowest BCUT2D eigenvalue weighted by Gasteiger charge is -2.23. The highest BCUT2D eigenvalue weighted by atomic mass is 16.3. The van der Waals surface area contributed by atoms with Gasteiger partial charge in [0.1, 0.15) is 11.5 Å². The molecular formula is C17H24O2. The molecule has 0 saturated carbocycles. The smallest absolute Gasteiger partial charge is 0.166 e. The average Bonchev–Trinajstić information content (AvgIpc) is 2.78. The number of hydrogen-bond acceptors (Lipinski definition) is 2. The molecular weight excluding hydrogens is 236 g/mol. The van der Waals surface area contributed by atoms with Gasteiger partial charge in [0, 0.05) is 12.8 Å². The highest BCUT2D eigenvalue weighted by Gasteiger charge is 2.29. The van der Waals surface area contributed by atoms with Crippen molar-refractivity contribution < 1.29 is 9.21 Å². The minimum Gasteiger partial charge on any atom is -0.461 e. The van der Waals surface area contributed by atoms with Crippen molar-refractivity contribution in [1.82, 2.24) is 0 Å². The number of furan rings is 1. The fourth-order valence-corrected chi connectivity index (χ4v) is 2.57. The summed E-state index contributed by atoms with van der Waals surface area (Å²) in [5.41, 5.74) is 0.812. The fraction of sp³-hybridized carbons (Fsp3) is 0.588. The van der Waals surface area contributed by atoms with Gasteiger partial charge in [-0.3, -0.25) is 4.79 Å². The van der Waals surface area contributed by atoms with E-state index in [1.165, 1.54) is 12.8 Å². The SMILES string of the molecule is CCCC/C=C/c1cc2c(o1)CC(C(C)C)CC2=O. The van der Waals surface area contributed by atoms with E-state index in [-0.39, 0.29) is 5.78 Å². The Balaban J connectivity index is 2.10. The van der Waals surface area contributed by atoms with Crippen molar-refractivity contribution in [2.75, 3.05) is 0 Å². The Labute approximate surface area is 115 Å². The standard InChI is InChI=1S/C17H24O2/c1-4-5-6-7-8-14-11-15-16(18)9-13(12(2)3)10-17(15)19-14/h7-8,11-13H,4-6,9-10H2,1-3H3/b8-7+. The van der Waals surface area contributed by atoms with Crippen molar-refractivity contribution in [2.45, 2.75) is 52.9 Å². The summed E-state index contributed by atoms with van der Waals surface area (Å²) in [5, 5.41) is 0. The summed E-state index contributed by atoms with van der Waals surface area (Å²) in [6.07, 6.45) is 9.19. The summed E-state index contributed by atoms with van der Waals surface area (Å²) in [5.74, 6) is 2.94. The third-order valence-electron chi connectivity index (χ3n) is 3.97. The van der Waals surface area contributed by atoms with Crippen LogP contribution in [-0.4, -0.2) is 5.78 Å². The van der Waals surface area contributed by atoms with Crippen LogP contribution in [0.25, 0.3) is 6.08 Å². The van der Waals surface area contributed by atoms with E-state index in [1.54, 1.807) is 0 Å². The minimum atomic E-state index is 0.247. The van der Waals surface area contributed by atoms with E-state index in [2.05, 4.69) is 26.8 Å². The molecule has 2 nitrogen and oxygen atoms in total. The van der Waals surface area contributed by atoms with Gasteiger partial charge in [-0.15, -0.1) is 0 Å². The summed E-state index contributed by atoms with van der Waals surface area (Å²) >= 11 is 0. The summed E-state index contributed by atoms with van der Waals surface area (Å²) in [6, 6.07) is 1.91. The molecule has 0 bridgehead atoms. The van der Waals surface area contributed by atoms with E-state index in [4.69, 9.17) is 4.42 Å². The Morgan fingerprint density at radius 3 is 2.89 bits per heavy atom. The van der Waals surface area contributed by atoms with Crippen molar-refractivity contribution >= 4 is 11.9 Å². The molecule has 1 atom stereocenters. The summed E-state index contributed by atoms with van der Waals surface area (Å²) < 4.78 is 5.83. The molecule has 0 spiro atoms. The number of rotatable bonds is 5. The van der Waals surface area contributed by atoms with Crippen molar-refractivity contribution in [1.29, 1.82) is 0 Å². The topological polar surface area (TPSA) is 30.2 Å². The van der Waals surface area contributed by atoms with Gasteiger partial charge in [-0.2, -0.15) is 0 Å². The molecule has 104 valence electrons. The van der Waals surface area contributed by atoms with E-state index >= 15 is 0 Å². The van der Waals surface area contributed by atoms with Crippen molar-refractivity contribution in [3.05, 3.63) is 29.2 Å². The normalized spacial score (nSPS) is 19.4. The second-order valence-electron chi connectivity index (χ2n) is 5.87. The Bertz CT molecular complexity index is 466. The number of fused-ring (bicyclic) bond motifs is 1. The van der Waals surface area contributed by atoms with Gasteiger partial charge in [0.2, 0.25) is 0 Å². The Kier molecular flexibility index (Phi) is 4.62. The fourth-order valence-electron chi connectivity index (χ4n) is 2.57. The van der Waals surface area contributed by atoms with E-state index in [0.29, 0.717) is 18.3 Å². The van der Waals surface area contributed by atoms with Gasteiger partial charge in [-0.1, -0.05) is 39.7 Å². The van der Waals surface area contributed by atoms with Gasteiger partial charge in [-0.05, 0) is 30.4 Å². The lowest BCUT2D eigenvalue weighted by Crippen LogP contribution is -2.22. The molecule has 0 saturated heterocycles. The number of Topliss-reactive ketones (excluding diaryl/α,β-unsaturated/α-hetero) is 1. The zero-order valence-corrected chi connectivity index (χ0v) is 12.2. The predicted octanol–water partition coefficient (Wildman–Crippen LogP) is 4.88. The molecule has 0 N–H and O–H groups in total. The summed E-state index contributed by atoms with van der Waals surface area (Å²) in [4.78, 5) is 12.1. The lowest BCUT2D eigenvalue weighted by atomic mass is 9.81. The van der Waals surface area contributed by atoms with Gasteiger partial charge < -0.3 is 4.42 Å². The second-order valence-corrected chi connectivity index (χ2v) is 5.87. The Hall–Kier alpha value is -1.31. The lowest BCUT2D eigenvalue weighted by molar-refractivity contribution is 0.0927. The van der Waals surface area contributed by atoms with E-state index in [0.717, 1.165) is 29.9 Å². The molecule has 1 aromatic rings. The first-order chi connectivity index (χ1) is 9.11. The third-order valence-corrected chi connectivity index (χ3v) is 3.97. The van der Waals surface area contributed by atoms with Crippen LogP contribution in [-0.2, 0) is 6.42 Å². The number of allylic oxidation sites excluding steroid dienone is 1. The number of ketones is 1. The first kappa shape index (κ1) is 14.1. The maximum atomic E-state index is 12.1. The van der Waals surface area contributed by atoms with Crippen molar-refractivity contribution in [3.8, 4) is 0 Å². The number of hydrogen-bond donors (Lipinski definition) is 0. The number of carbonyl (C=O) groups is 1. The predicted molar refractivity (Wildman–Crippen MR) is 78.2 cm³/mol. The Morgan fingerprint density at radius 2 is 2.21 bits per heavy atom. The number of unbranched alkanes of at least 4 members (excludes halogenated alkanes) is 2. The average molecular weight is 260 g/mol. The zero-order valence-electron chi connectivity index (χ0n) is 12.2. The van der Waals surface area contributed by atoms with Crippen LogP contribution in [0.1, 0.15) is 68.3 Å². The van der Waals surface area contributed by atoms with Gasteiger partial charge in [-0.25, -0.2) is 0 Å². The molecule has 1 heterocycles. The maximum Gasteiger partial charge on any atom is 0.166 e.